The van der Waals surface area contributed by atoms with Gasteiger partial charge in [-0.1, -0.05) is 6.07 Å². The Balaban J connectivity index is 0.00000192. The van der Waals surface area contributed by atoms with Gasteiger partial charge in [-0.3, -0.25) is 4.79 Å². The van der Waals surface area contributed by atoms with Crippen molar-refractivity contribution in [3.63, 3.8) is 0 Å². The number of benzene rings is 1. The maximum Gasteiger partial charge on any atom is 0.234 e. The van der Waals surface area contributed by atoms with Crippen LogP contribution in [0.25, 0.3) is 5.69 Å². The number of anilines is 1. The second-order valence-corrected chi connectivity index (χ2v) is 5.61. The molecule has 2 heterocycles. The van der Waals surface area contributed by atoms with Crippen LogP contribution in [0.2, 0.25) is 0 Å². The number of carbonyl (C=O) groups is 1. The molecule has 6 nitrogen and oxygen atoms in total. The zero-order valence-corrected chi connectivity index (χ0v) is 13.8. The summed E-state index contributed by atoms with van der Waals surface area (Å²) in [5, 5.41) is 6.26. The molecule has 1 unspecified atom stereocenters. The number of carbonyl (C=O) groups excluding carboxylic acids is 1. The van der Waals surface area contributed by atoms with E-state index in [1.807, 2.05) is 35.0 Å². The molecule has 0 bridgehead atoms. The van der Waals surface area contributed by atoms with E-state index in [1.54, 1.807) is 19.6 Å². The van der Waals surface area contributed by atoms with Crippen LogP contribution in [0.15, 0.2) is 43.0 Å². The van der Waals surface area contributed by atoms with Crippen molar-refractivity contribution in [1.82, 2.24) is 14.9 Å². The Bertz CT molecular complexity index is 639. The molecule has 23 heavy (non-hydrogen) atoms. The topological polar surface area (TPSA) is 68.2 Å². The van der Waals surface area contributed by atoms with Crippen LogP contribution in [-0.4, -0.2) is 42.3 Å². The fourth-order valence-electron chi connectivity index (χ4n) is 2.82. The Morgan fingerprint density at radius 3 is 3.04 bits per heavy atom. The first-order valence-corrected chi connectivity index (χ1v) is 7.33. The lowest BCUT2D eigenvalue weighted by molar-refractivity contribution is -0.127. The summed E-state index contributed by atoms with van der Waals surface area (Å²) in [5.74, 6) is 0.00197. The molecule has 1 amide bonds. The normalized spacial score (nSPS) is 20.0. The lowest BCUT2D eigenvalue weighted by atomic mass is 9.87. The van der Waals surface area contributed by atoms with Crippen LogP contribution in [-0.2, 0) is 9.53 Å². The summed E-state index contributed by atoms with van der Waals surface area (Å²) >= 11 is 0. The highest BCUT2D eigenvalue weighted by molar-refractivity contribution is 5.96. The smallest absolute Gasteiger partial charge is 0.234 e. The quantitative estimate of drug-likeness (QED) is 0.874. The van der Waals surface area contributed by atoms with Gasteiger partial charge in [0, 0.05) is 37.4 Å². The molecule has 2 aromatic rings. The minimum Gasteiger partial charge on any atom is -0.384 e. The summed E-state index contributed by atoms with van der Waals surface area (Å²) < 4.78 is 7.16. The summed E-state index contributed by atoms with van der Waals surface area (Å²) in [7, 11) is 1.63. The number of amides is 1. The first-order valence-electron chi connectivity index (χ1n) is 7.33. The van der Waals surface area contributed by atoms with Crippen molar-refractivity contribution in [1.29, 1.82) is 0 Å². The number of nitrogens with zero attached hydrogens (tertiary/aromatic N) is 2. The molecule has 1 aromatic heterocycles. The SMILES string of the molecule is COCC1(C(=O)Nc2cccc(-n3ccnc3)c2)CCNC1.Cl. The monoisotopic (exact) mass is 336 g/mol. The predicted molar refractivity (Wildman–Crippen MR) is 91.2 cm³/mol. The minimum atomic E-state index is -0.486. The van der Waals surface area contributed by atoms with Gasteiger partial charge in [0.25, 0.3) is 0 Å². The highest BCUT2D eigenvalue weighted by atomic mass is 35.5. The third-order valence-corrected chi connectivity index (χ3v) is 4.05. The third-order valence-electron chi connectivity index (χ3n) is 4.05. The van der Waals surface area contributed by atoms with E-state index in [1.165, 1.54) is 0 Å². The minimum absolute atomic E-state index is 0. The highest BCUT2D eigenvalue weighted by Gasteiger charge is 2.41. The number of hydrogen-bond donors (Lipinski definition) is 2. The van der Waals surface area contributed by atoms with Gasteiger partial charge in [0.15, 0.2) is 0 Å². The third kappa shape index (κ3) is 3.72. The molecule has 124 valence electrons. The van der Waals surface area contributed by atoms with Crippen molar-refractivity contribution in [2.24, 2.45) is 5.41 Å². The van der Waals surface area contributed by atoms with Gasteiger partial charge in [0.05, 0.1) is 18.3 Å². The zero-order chi connectivity index (χ0) is 15.4. The first-order chi connectivity index (χ1) is 10.7. The van der Waals surface area contributed by atoms with Gasteiger partial charge in [-0.25, -0.2) is 4.98 Å². The number of nitrogens with one attached hydrogen (secondary N) is 2. The van der Waals surface area contributed by atoms with Crippen LogP contribution in [0.4, 0.5) is 5.69 Å². The molecule has 1 aromatic carbocycles. The van der Waals surface area contributed by atoms with Crippen molar-refractivity contribution < 1.29 is 9.53 Å². The van der Waals surface area contributed by atoms with Crippen LogP contribution in [0.5, 0.6) is 0 Å². The van der Waals surface area contributed by atoms with E-state index in [9.17, 15) is 4.79 Å². The molecule has 1 aliphatic heterocycles. The molecular formula is C16H21ClN4O2. The van der Waals surface area contributed by atoms with Crippen LogP contribution in [0.1, 0.15) is 6.42 Å². The molecule has 0 radical (unpaired) electrons. The molecule has 2 N–H and O–H groups in total. The van der Waals surface area contributed by atoms with E-state index in [0.29, 0.717) is 13.2 Å². The van der Waals surface area contributed by atoms with Gasteiger partial charge in [0.1, 0.15) is 0 Å². The Morgan fingerprint density at radius 1 is 1.52 bits per heavy atom. The first kappa shape index (κ1) is 17.5. The van der Waals surface area contributed by atoms with Crippen LogP contribution >= 0.6 is 12.4 Å². The van der Waals surface area contributed by atoms with Gasteiger partial charge >= 0.3 is 0 Å². The number of hydrogen-bond acceptors (Lipinski definition) is 4. The number of aromatic nitrogens is 2. The van der Waals surface area contributed by atoms with Crippen molar-refractivity contribution in [3.05, 3.63) is 43.0 Å². The summed E-state index contributed by atoms with van der Waals surface area (Å²) in [6.07, 6.45) is 6.11. The number of rotatable bonds is 5. The van der Waals surface area contributed by atoms with Crippen molar-refractivity contribution in [3.8, 4) is 5.69 Å². The van der Waals surface area contributed by atoms with Gasteiger partial charge in [0.2, 0.25) is 5.91 Å². The molecule has 1 saturated heterocycles. The fourth-order valence-corrected chi connectivity index (χ4v) is 2.82. The zero-order valence-electron chi connectivity index (χ0n) is 13.0. The van der Waals surface area contributed by atoms with Crippen molar-refractivity contribution >= 4 is 24.0 Å². The maximum absolute atomic E-state index is 12.7. The van der Waals surface area contributed by atoms with E-state index >= 15 is 0 Å². The summed E-state index contributed by atoms with van der Waals surface area (Å²) in [6, 6.07) is 7.71. The molecule has 3 rings (SSSR count). The molecule has 0 saturated carbocycles. The van der Waals surface area contributed by atoms with E-state index in [2.05, 4.69) is 15.6 Å². The number of ether oxygens (including phenoxy) is 1. The second kappa shape index (κ2) is 7.59. The lowest BCUT2D eigenvalue weighted by Crippen LogP contribution is -2.41. The van der Waals surface area contributed by atoms with E-state index in [-0.39, 0.29) is 18.3 Å². The van der Waals surface area contributed by atoms with Crippen LogP contribution in [0.3, 0.4) is 0 Å². The molecular weight excluding hydrogens is 316 g/mol. The molecule has 0 aliphatic carbocycles. The lowest BCUT2D eigenvalue weighted by Gasteiger charge is -2.26. The van der Waals surface area contributed by atoms with Crippen molar-refractivity contribution in [2.75, 3.05) is 32.1 Å². The predicted octanol–water partition coefficient (Wildman–Crippen LogP) is 1.86. The Kier molecular flexibility index (Phi) is 5.76. The van der Waals surface area contributed by atoms with E-state index < -0.39 is 5.41 Å². The number of halogens is 1. The summed E-state index contributed by atoms with van der Waals surface area (Å²) in [6.45, 7) is 1.91. The number of imidazole rings is 1. The van der Waals surface area contributed by atoms with E-state index in [0.717, 1.165) is 24.3 Å². The largest absolute Gasteiger partial charge is 0.384 e. The van der Waals surface area contributed by atoms with Crippen molar-refractivity contribution in [2.45, 2.75) is 6.42 Å². The second-order valence-electron chi connectivity index (χ2n) is 5.61. The van der Waals surface area contributed by atoms with Gasteiger partial charge < -0.3 is 19.9 Å². The summed E-state index contributed by atoms with van der Waals surface area (Å²) in [4.78, 5) is 16.7. The standard InChI is InChI=1S/C16H20N4O2.ClH/c1-22-11-16(5-6-17-10-16)15(21)19-13-3-2-4-14(9-13)20-8-7-18-12-20;/h2-4,7-9,12,17H,5-6,10-11H2,1H3,(H,19,21);1H. The van der Waals surface area contributed by atoms with Crippen LogP contribution < -0.4 is 10.6 Å². The highest BCUT2D eigenvalue weighted by Crippen LogP contribution is 2.28. The summed E-state index contributed by atoms with van der Waals surface area (Å²) in [5.41, 5.74) is 1.25. The molecule has 7 heteroatoms. The van der Waals surface area contributed by atoms with Gasteiger partial charge in [-0.15, -0.1) is 12.4 Å². The Labute approximate surface area is 141 Å². The Hall–Kier alpha value is -1.89. The molecule has 1 fully saturated rings. The fraction of sp³-hybridized carbons (Fsp3) is 0.375. The molecule has 1 atom stereocenters. The van der Waals surface area contributed by atoms with Crippen LogP contribution in [0, 0.1) is 5.41 Å². The number of methoxy groups -OCH3 is 1. The average molecular weight is 337 g/mol. The Morgan fingerprint density at radius 2 is 2.39 bits per heavy atom. The van der Waals surface area contributed by atoms with Gasteiger partial charge in [-0.05, 0) is 31.2 Å². The molecule has 1 aliphatic rings. The van der Waals surface area contributed by atoms with E-state index in [4.69, 9.17) is 4.74 Å². The van der Waals surface area contributed by atoms with Gasteiger partial charge in [-0.2, -0.15) is 0 Å². The molecule has 0 spiro atoms. The average Bonchev–Trinajstić information content (AvgIpc) is 3.20. The maximum atomic E-state index is 12.7.